The summed E-state index contributed by atoms with van der Waals surface area (Å²) in [4.78, 5) is 2.26. The fourth-order valence-corrected chi connectivity index (χ4v) is 3.68. The molecular formula is C17H34ClNO3. The number of β-amino-alcohol motifs (C(OH)–C–C–N with tert-alkyl or cyclic N) is 1. The van der Waals surface area contributed by atoms with Gasteiger partial charge in [0.1, 0.15) is 0 Å². The summed E-state index contributed by atoms with van der Waals surface area (Å²) in [5.74, 6) is 2.07. The van der Waals surface area contributed by atoms with Crippen LogP contribution in [0.3, 0.4) is 0 Å². The molecule has 0 amide bonds. The minimum absolute atomic E-state index is 0. The largest absolute Gasteiger partial charge is 0.389 e. The molecule has 0 spiro atoms. The van der Waals surface area contributed by atoms with Gasteiger partial charge in [-0.1, -0.05) is 27.2 Å². The maximum atomic E-state index is 10.2. The molecular weight excluding hydrogens is 302 g/mol. The van der Waals surface area contributed by atoms with Gasteiger partial charge in [-0.3, -0.25) is 4.90 Å². The lowest BCUT2D eigenvalue weighted by Gasteiger charge is -2.38. The quantitative estimate of drug-likeness (QED) is 0.810. The summed E-state index contributed by atoms with van der Waals surface area (Å²) in [7, 11) is 0. The summed E-state index contributed by atoms with van der Waals surface area (Å²) in [5.41, 5.74) is 0. The number of hydrogen-bond donors (Lipinski definition) is 1. The topological polar surface area (TPSA) is 41.9 Å². The molecule has 0 aromatic carbocycles. The van der Waals surface area contributed by atoms with Crippen molar-refractivity contribution in [2.45, 2.75) is 52.2 Å². The van der Waals surface area contributed by atoms with Gasteiger partial charge >= 0.3 is 0 Å². The first-order valence-corrected chi connectivity index (χ1v) is 8.66. The molecule has 1 aliphatic heterocycles. The molecule has 4 unspecified atom stereocenters. The summed E-state index contributed by atoms with van der Waals surface area (Å²) in [5, 5.41) is 10.2. The minimum atomic E-state index is -0.381. The van der Waals surface area contributed by atoms with Crippen molar-refractivity contribution < 1.29 is 14.6 Å². The van der Waals surface area contributed by atoms with E-state index in [1.807, 2.05) is 0 Å². The highest BCUT2D eigenvalue weighted by Gasteiger charge is 2.31. The van der Waals surface area contributed by atoms with E-state index in [-0.39, 0.29) is 18.5 Å². The van der Waals surface area contributed by atoms with Gasteiger partial charge in [-0.15, -0.1) is 12.4 Å². The molecule has 0 bridgehead atoms. The van der Waals surface area contributed by atoms with E-state index in [0.29, 0.717) is 31.1 Å². The Balaban J connectivity index is 0.00000242. The summed E-state index contributed by atoms with van der Waals surface area (Å²) in [6.45, 7) is 11.5. The summed E-state index contributed by atoms with van der Waals surface area (Å²) < 4.78 is 11.5. The Hall–Kier alpha value is 0.130. The molecule has 1 saturated carbocycles. The van der Waals surface area contributed by atoms with Gasteiger partial charge in [0.25, 0.3) is 0 Å². The van der Waals surface area contributed by atoms with E-state index in [0.717, 1.165) is 38.6 Å². The molecule has 0 aromatic rings. The zero-order chi connectivity index (χ0) is 15.2. The first kappa shape index (κ1) is 20.2. The smallest absolute Gasteiger partial charge is 0.0900 e. The molecule has 0 radical (unpaired) electrons. The Bertz CT molecular complexity index is 298. The fourth-order valence-electron chi connectivity index (χ4n) is 3.68. The van der Waals surface area contributed by atoms with Crippen molar-refractivity contribution in [3.05, 3.63) is 0 Å². The molecule has 2 rings (SSSR count). The van der Waals surface area contributed by atoms with Crippen LogP contribution in [0.25, 0.3) is 0 Å². The third-order valence-electron chi connectivity index (χ3n) is 5.04. The number of hydrogen-bond acceptors (Lipinski definition) is 4. The second-order valence-electron chi connectivity index (χ2n) is 7.26. The number of morpholine rings is 1. The third-order valence-corrected chi connectivity index (χ3v) is 5.04. The van der Waals surface area contributed by atoms with Gasteiger partial charge in [0, 0.05) is 19.6 Å². The van der Waals surface area contributed by atoms with Gasteiger partial charge in [0.2, 0.25) is 0 Å². The van der Waals surface area contributed by atoms with Crippen molar-refractivity contribution in [3.63, 3.8) is 0 Å². The molecule has 4 nitrogen and oxygen atoms in total. The van der Waals surface area contributed by atoms with E-state index in [1.165, 1.54) is 12.8 Å². The Morgan fingerprint density at radius 3 is 2.55 bits per heavy atom. The van der Waals surface area contributed by atoms with Crippen molar-refractivity contribution in [3.8, 4) is 0 Å². The molecule has 22 heavy (non-hydrogen) atoms. The lowest BCUT2D eigenvalue weighted by molar-refractivity contribution is -0.0782. The minimum Gasteiger partial charge on any atom is -0.389 e. The fraction of sp³-hybridized carbons (Fsp3) is 1.00. The van der Waals surface area contributed by atoms with Crippen molar-refractivity contribution in [2.24, 2.45) is 17.8 Å². The Kier molecular flexibility index (Phi) is 9.25. The van der Waals surface area contributed by atoms with Crippen LogP contribution in [0.1, 0.15) is 40.0 Å². The average molecular weight is 336 g/mol. The van der Waals surface area contributed by atoms with Gasteiger partial charge in [-0.2, -0.15) is 0 Å². The van der Waals surface area contributed by atoms with Gasteiger partial charge in [-0.25, -0.2) is 0 Å². The van der Waals surface area contributed by atoms with Gasteiger partial charge < -0.3 is 14.6 Å². The Morgan fingerprint density at radius 2 is 1.91 bits per heavy atom. The molecule has 5 heteroatoms. The van der Waals surface area contributed by atoms with Crippen LogP contribution in [0.15, 0.2) is 0 Å². The maximum Gasteiger partial charge on any atom is 0.0900 e. The number of rotatable bonds is 6. The predicted octanol–water partition coefficient (Wildman–Crippen LogP) is 2.58. The normalized spacial score (nSPS) is 31.8. The lowest BCUT2D eigenvalue weighted by atomic mass is 9.75. The van der Waals surface area contributed by atoms with E-state index >= 15 is 0 Å². The van der Waals surface area contributed by atoms with Crippen molar-refractivity contribution in [1.82, 2.24) is 4.90 Å². The van der Waals surface area contributed by atoms with Crippen LogP contribution < -0.4 is 0 Å². The molecule has 4 atom stereocenters. The first-order valence-electron chi connectivity index (χ1n) is 8.66. The summed E-state index contributed by atoms with van der Waals surface area (Å²) >= 11 is 0. The van der Waals surface area contributed by atoms with Crippen molar-refractivity contribution in [1.29, 1.82) is 0 Å². The molecule has 132 valence electrons. The van der Waals surface area contributed by atoms with Crippen LogP contribution in [-0.4, -0.2) is 61.7 Å². The van der Waals surface area contributed by atoms with E-state index in [2.05, 4.69) is 25.7 Å². The number of aliphatic hydroxyl groups is 1. The summed E-state index contributed by atoms with van der Waals surface area (Å²) in [6.07, 6.45) is 3.68. The van der Waals surface area contributed by atoms with E-state index in [1.54, 1.807) is 0 Å². The first-order chi connectivity index (χ1) is 10.1. The number of ether oxygens (including phenoxy) is 2. The second kappa shape index (κ2) is 10.1. The molecule has 0 aromatic heterocycles. The highest BCUT2D eigenvalue weighted by Crippen LogP contribution is 2.35. The Morgan fingerprint density at radius 1 is 1.23 bits per heavy atom. The Labute approximate surface area is 142 Å². The zero-order valence-corrected chi connectivity index (χ0v) is 15.2. The molecule has 1 N–H and O–H groups in total. The average Bonchev–Trinajstić information content (AvgIpc) is 2.46. The highest BCUT2D eigenvalue weighted by atomic mass is 35.5. The van der Waals surface area contributed by atoms with E-state index in [4.69, 9.17) is 9.47 Å². The van der Waals surface area contributed by atoms with Crippen LogP contribution in [-0.2, 0) is 9.47 Å². The maximum absolute atomic E-state index is 10.2. The lowest BCUT2D eigenvalue weighted by Crippen LogP contribution is -2.43. The summed E-state index contributed by atoms with van der Waals surface area (Å²) in [6, 6.07) is 0. The van der Waals surface area contributed by atoms with Gasteiger partial charge in [-0.05, 0) is 30.6 Å². The predicted molar refractivity (Wildman–Crippen MR) is 91.6 cm³/mol. The van der Waals surface area contributed by atoms with E-state index in [9.17, 15) is 5.11 Å². The molecule has 1 heterocycles. The second-order valence-corrected chi connectivity index (χ2v) is 7.26. The van der Waals surface area contributed by atoms with Crippen molar-refractivity contribution in [2.75, 3.05) is 39.5 Å². The van der Waals surface area contributed by atoms with Crippen LogP contribution in [0.4, 0.5) is 0 Å². The van der Waals surface area contributed by atoms with Crippen LogP contribution >= 0.6 is 12.4 Å². The van der Waals surface area contributed by atoms with Gasteiger partial charge in [0.05, 0.1) is 32.0 Å². The van der Waals surface area contributed by atoms with Crippen molar-refractivity contribution >= 4 is 12.4 Å². The van der Waals surface area contributed by atoms with Crippen LogP contribution in [0, 0.1) is 17.8 Å². The van der Waals surface area contributed by atoms with Crippen LogP contribution in [0.5, 0.6) is 0 Å². The number of aliphatic hydroxyl groups excluding tert-OH is 1. The standard InChI is InChI=1S/C17H33NO3.ClH/c1-13(2)16-5-4-14(3)10-17(16)21-12-15(19)11-18-6-8-20-9-7-18;/h13-17,19H,4-12H2,1-3H3;1H. The highest BCUT2D eigenvalue weighted by molar-refractivity contribution is 5.85. The SMILES string of the molecule is CC1CCC(C(C)C)C(OCC(O)CN2CCOCC2)C1.Cl. The molecule has 2 aliphatic rings. The molecule has 1 aliphatic carbocycles. The number of halogens is 1. The van der Waals surface area contributed by atoms with Crippen LogP contribution in [0.2, 0.25) is 0 Å². The number of nitrogens with zero attached hydrogens (tertiary/aromatic N) is 1. The van der Waals surface area contributed by atoms with E-state index < -0.39 is 0 Å². The molecule has 1 saturated heterocycles. The zero-order valence-electron chi connectivity index (χ0n) is 14.4. The monoisotopic (exact) mass is 335 g/mol. The molecule has 2 fully saturated rings. The van der Waals surface area contributed by atoms with Gasteiger partial charge in [0.15, 0.2) is 0 Å². The third kappa shape index (κ3) is 6.32.